The van der Waals surface area contributed by atoms with Crippen LogP contribution in [-0.2, 0) is 25.6 Å². The van der Waals surface area contributed by atoms with Crippen molar-refractivity contribution in [3.8, 4) is 0 Å². The van der Waals surface area contributed by atoms with E-state index in [1.54, 1.807) is 0 Å². The number of nitrogens with one attached hydrogen (secondary N) is 5. The van der Waals surface area contributed by atoms with Crippen molar-refractivity contribution in [1.82, 2.24) is 36.1 Å². The molecule has 0 spiro atoms. The van der Waals surface area contributed by atoms with Crippen LogP contribution in [0.4, 0.5) is 0 Å². The van der Waals surface area contributed by atoms with Gasteiger partial charge in [-0.2, -0.15) is 0 Å². The third-order valence-corrected chi connectivity index (χ3v) is 6.66. The summed E-state index contributed by atoms with van der Waals surface area (Å²) >= 11 is 0. The van der Waals surface area contributed by atoms with E-state index >= 15 is 0 Å². The molecule has 1 aliphatic heterocycles. The first-order valence-corrected chi connectivity index (χ1v) is 13.6. The average Bonchev–Trinajstić information content (AvgIpc) is 3.45. The standard InChI is InChI=1S/C28H39N7O5/c1-5-20-14-35(28(40)23-13-29-16-30-23)15-24(36)31-18(4)25(37)33-21(11-17(2)3)27(39)34-22(26(38)32-20)12-19-9-7-6-8-10-19/h6-10,13,16-18,20-22H,5,11-12,14-15H2,1-4H3,(H,29,30)(H,31,36)(H,32,38)(H,33,37)(H,34,39)/t18-,20+,21+,22+/m1/s1. The second kappa shape index (κ2) is 14.2. The van der Waals surface area contributed by atoms with Crippen molar-refractivity contribution >= 4 is 29.5 Å². The van der Waals surface area contributed by atoms with Crippen molar-refractivity contribution in [2.75, 3.05) is 13.1 Å². The Morgan fingerprint density at radius 3 is 2.27 bits per heavy atom. The fraction of sp³-hybridized carbons (Fsp3) is 0.500. The monoisotopic (exact) mass is 553 g/mol. The highest BCUT2D eigenvalue weighted by molar-refractivity contribution is 5.97. The molecule has 1 aromatic heterocycles. The van der Waals surface area contributed by atoms with Gasteiger partial charge in [-0.15, -0.1) is 0 Å². The Morgan fingerprint density at radius 2 is 1.65 bits per heavy atom. The van der Waals surface area contributed by atoms with Crippen molar-refractivity contribution in [3.05, 3.63) is 54.1 Å². The van der Waals surface area contributed by atoms with Crippen LogP contribution in [0.3, 0.4) is 0 Å². The Bertz CT molecular complexity index is 1170. The molecule has 2 aromatic rings. The molecule has 4 atom stereocenters. The van der Waals surface area contributed by atoms with Gasteiger partial charge in [0, 0.05) is 19.0 Å². The summed E-state index contributed by atoms with van der Waals surface area (Å²) in [6.07, 6.45) is 3.73. The largest absolute Gasteiger partial charge is 0.350 e. The number of aromatic amines is 1. The van der Waals surface area contributed by atoms with Gasteiger partial charge in [-0.25, -0.2) is 4.98 Å². The predicted molar refractivity (Wildman–Crippen MR) is 148 cm³/mol. The number of nitrogens with zero attached hydrogens (tertiary/aromatic N) is 2. The zero-order valence-corrected chi connectivity index (χ0v) is 23.4. The lowest BCUT2D eigenvalue weighted by Crippen LogP contribution is -2.57. The van der Waals surface area contributed by atoms with Crippen LogP contribution in [0, 0.1) is 5.92 Å². The fourth-order valence-corrected chi connectivity index (χ4v) is 4.46. The molecular formula is C28H39N7O5. The number of benzene rings is 1. The summed E-state index contributed by atoms with van der Waals surface area (Å²) in [5, 5.41) is 11.1. The van der Waals surface area contributed by atoms with Crippen LogP contribution < -0.4 is 21.3 Å². The molecule has 1 fully saturated rings. The van der Waals surface area contributed by atoms with E-state index in [4.69, 9.17) is 0 Å². The number of carbonyl (C=O) groups excluding carboxylic acids is 5. The Hall–Kier alpha value is -4.22. The molecule has 12 heteroatoms. The van der Waals surface area contributed by atoms with Crippen molar-refractivity contribution < 1.29 is 24.0 Å². The van der Waals surface area contributed by atoms with Crippen molar-refractivity contribution in [2.45, 2.75) is 71.1 Å². The van der Waals surface area contributed by atoms with Gasteiger partial charge in [0.1, 0.15) is 23.8 Å². The highest BCUT2D eigenvalue weighted by atomic mass is 16.2. The molecule has 40 heavy (non-hydrogen) atoms. The molecule has 5 amide bonds. The van der Waals surface area contributed by atoms with Gasteiger partial charge in [-0.05, 0) is 31.2 Å². The SMILES string of the molecule is CC[C@H]1CN(C(=O)c2cnc[nH]2)CC(=O)N[C@H](C)C(=O)N[C@@H](CC(C)C)C(=O)N[C@@H](Cc2ccccc2)C(=O)N1. The maximum Gasteiger partial charge on any atom is 0.272 e. The molecule has 12 nitrogen and oxygen atoms in total. The minimum absolute atomic E-state index is 0.0239. The first-order valence-electron chi connectivity index (χ1n) is 13.6. The number of rotatable bonds is 6. The van der Waals surface area contributed by atoms with Gasteiger partial charge >= 0.3 is 0 Å². The summed E-state index contributed by atoms with van der Waals surface area (Å²) in [5.41, 5.74) is 1.03. The lowest BCUT2D eigenvalue weighted by atomic mass is 10.0. The summed E-state index contributed by atoms with van der Waals surface area (Å²) in [4.78, 5) is 74.0. The van der Waals surface area contributed by atoms with Crippen LogP contribution >= 0.6 is 0 Å². The highest BCUT2D eigenvalue weighted by Crippen LogP contribution is 2.10. The van der Waals surface area contributed by atoms with Gasteiger partial charge in [0.2, 0.25) is 23.6 Å². The molecule has 2 heterocycles. The van der Waals surface area contributed by atoms with Gasteiger partial charge in [0.15, 0.2) is 0 Å². The smallest absolute Gasteiger partial charge is 0.272 e. The fourth-order valence-electron chi connectivity index (χ4n) is 4.46. The van der Waals surface area contributed by atoms with E-state index in [0.717, 1.165) is 5.56 Å². The van der Waals surface area contributed by atoms with Crippen molar-refractivity contribution in [1.29, 1.82) is 0 Å². The second-order valence-electron chi connectivity index (χ2n) is 10.5. The van der Waals surface area contributed by atoms with Crippen LogP contribution in [0.1, 0.15) is 56.6 Å². The molecule has 1 aliphatic rings. The van der Waals surface area contributed by atoms with E-state index < -0.39 is 53.7 Å². The predicted octanol–water partition coefficient (Wildman–Crippen LogP) is 0.523. The average molecular weight is 554 g/mol. The molecule has 5 N–H and O–H groups in total. The molecule has 0 unspecified atom stereocenters. The normalized spacial score (nSPS) is 23.4. The number of amides is 5. The summed E-state index contributed by atoms with van der Waals surface area (Å²) in [6.45, 7) is 6.88. The quantitative estimate of drug-likeness (QED) is 0.350. The molecule has 0 aliphatic carbocycles. The first kappa shape index (κ1) is 30.3. The Balaban J connectivity index is 1.96. The van der Waals surface area contributed by atoms with E-state index in [1.165, 1.54) is 24.3 Å². The third kappa shape index (κ3) is 8.65. The Kier molecular flexibility index (Phi) is 10.8. The number of hydrogen-bond acceptors (Lipinski definition) is 6. The highest BCUT2D eigenvalue weighted by Gasteiger charge is 2.32. The van der Waals surface area contributed by atoms with E-state index in [-0.39, 0.29) is 31.1 Å². The summed E-state index contributed by atoms with van der Waals surface area (Å²) in [7, 11) is 0. The van der Waals surface area contributed by atoms with Gasteiger partial charge in [-0.1, -0.05) is 51.1 Å². The maximum atomic E-state index is 13.6. The lowest BCUT2D eigenvalue weighted by Gasteiger charge is -2.29. The zero-order chi connectivity index (χ0) is 29.2. The molecule has 0 radical (unpaired) electrons. The van der Waals surface area contributed by atoms with E-state index in [9.17, 15) is 24.0 Å². The molecule has 0 bridgehead atoms. The van der Waals surface area contributed by atoms with Crippen molar-refractivity contribution in [3.63, 3.8) is 0 Å². The van der Waals surface area contributed by atoms with Gasteiger partial charge in [-0.3, -0.25) is 24.0 Å². The first-order chi connectivity index (χ1) is 19.1. The molecule has 1 saturated heterocycles. The van der Waals surface area contributed by atoms with E-state index in [2.05, 4.69) is 31.2 Å². The van der Waals surface area contributed by atoms with Crippen LogP contribution in [-0.4, -0.2) is 81.7 Å². The van der Waals surface area contributed by atoms with Crippen LogP contribution in [0.15, 0.2) is 42.9 Å². The molecule has 1 aromatic carbocycles. The summed E-state index contributed by atoms with van der Waals surface area (Å²) < 4.78 is 0. The molecule has 0 saturated carbocycles. The van der Waals surface area contributed by atoms with Gasteiger partial charge < -0.3 is 31.2 Å². The lowest BCUT2D eigenvalue weighted by molar-refractivity contribution is -0.133. The van der Waals surface area contributed by atoms with Crippen LogP contribution in [0.2, 0.25) is 0 Å². The maximum absolute atomic E-state index is 13.6. The molecule has 216 valence electrons. The van der Waals surface area contributed by atoms with Crippen LogP contribution in [0.5, 0.6) is 0 Å². The molecular weight excluding hydrogens is 514 g/mol. The summed E-state index contributed by atoms with van der Waals surface area (Å²) in [6, 6.07) is 5.96. The Labute approximate surface area is 234 Å². The second-order valence-corrected chi connectivity index (χ2v) is 10.5. The number of aromatic nitrogens is 2. The minimum atomic E-state index is -0.967. The van der Waals surface area contributed by atoms with Gasteiger partial charge in [0.25, 0.3) is 5.91 Å². The topological polar surface area (TPSA) is 165 Å². The summed E-state index contributed by atoms with van der Waals surface area (Å²) in [5.74, 6) is -2.44. The van der Waals surface area contributed by atoms with Crippen molar-refractivity contribution in [2.24, 2.45) is 5.92 Å². The number of hydrogen-bond donors (Lipinski definition) is 5. The number of carbonyl (C=O) groups is 5. The third-order valence-electron chi connectivity index (χ3n) is 6.66. The molecule has 3 rings (SSSR count). The van der Waals surface area contributed by atoms with E-state index in [0.29, 0.717) is 12.8 Å². The zero-order valence-electron chi connectivity index (χ0n) is 23.4. The Morgan fingerprint density at radius 1 is 0.975 bits per heavy atom. The number of H-pyrrole nitrogens is 1. The van der Waals surface area contributed by atoms with Crippen LogP contribution in [0.25, 0.3) is 0 Å². The minimum Gasteiger partial charge on any atom is -0.350 e. The van der Waals surface area contributed by atoms with Gasteiger partial charge in [0.05, 0.1) is 19.1 Å². The van der Waals surface area contributed by atoms with E-state index in [1.807, 2.05) is 51.1 Å². The number of imidazole rings is 1.